The SMILES string of the molecule is CCOC(=O)C(=Nc1c(C)cccc1C)c1ccccc1. The van der Waals surface area contributed by atoms with Crippen LogP contribution in [0.2, 0.25) is 0 Å². The zero-order valence-electron chi connectivity index (χ0n) is 12.6. The summed E-state index contributed by atoms with van der Waals surface area (Å²) in [6, 6.07) is 15.4. The Morgan fingerprint density at radius 3 is 2.19 bits per heavy atom. The van der Waals surface area contributed by atoms with Crippen LogP contribution in [0, 0.1) is 13.8 Å². The number of aliphatic imine (C=N–C) groups is 1. The van der Waals surface area contributed by atoms with Crippen LogP contribution >= 0.6 is 0 Å². The van der Waals surface area contributed by atoms with E-state index < -0.39 is 5.97 Å². The van der Waals surface area contributed by atoms with Gasteiger partial charge in [-0.3, -0.25) is 0 Å². The number of carbonyl (C=O) groups excluding carboxylic acids is 1. The topological polar surface area (TPSA) is 38.7 Å². The summed E-state index contributed by atoms with van der Waals surface area (Å²) in [5, 5.41) is 0. The Hall–Kier alpha value is -2.42. The summed E-state index contributed by atoms with van der Waals surface area (Å²) in [6.45, 7) is 6.09. The van der Waals surface area contributed by atoms with Gasteiger partial charge >= 0.3 is 5.97 Å². The molecule has 0 unspecified atom stereocenters. The van der Waals surface area contributed by atoms with Crippen LogP contribution in [0.25, 0.3) is 0 Å². The molecule has 0 aliphatic heterocycles. The molecule has 108 valence electrons. The Labute approximate surface area is 125 Å². The molecule has 0 spiro atoms. The standard InChI is InChI=1S/C18H19NO2/c1-4-21-18(20)17(15-11-6-5-7-12-15)19-16-13(2)9-8-10-14(16)3/h5-12H,4H2,1-3H3. The van der Waals surface area contributed by atoms with Gasteiger partial charge in [-0.1, -0.05) is 48.5 Å². The summed E-state index contributed by atoms with van der Waals surface area (Å²) in [6.07, 6.45) is 0. The zero-order chi connectivity index (χ0) is 15.2. The largest absolute Gasteiger partial charge is 0.461 e. The minimum absolute atomic E-state index is 0.331. The van der Waals surface area contributed by atoms with E-state index in [1.807, 2.05) is 62.4 Å². The lowest BCUT2D eigenvalue weighted by molar-refractivity contribution is -0.134. The monoisotopic (exact) mass is 281 g/mol. The van der Waals surface area contributed by atoms with Gasteiger partial charge in [0, 0.05) is 5.56 Å². The van der Waals surface area contributed by atoms with Crippen LogP contribution in [0.3, 0.4) is 0 Å². The van der Waals surface area contributed by atoms with E-state index in [2.05, 4.69) is 4.99 Å². The molecule has 0 fully saturated rings. The molecular formula is C18H19NO2. The van der Waals surface area contributed by atoms with Crippen LogP contribution in [0.4, 0.5) is 5.69 Å². The van der Waals surface area contributed by atoms with Crippen molar-refractivity contribution in [2.45, 2.75) is 20.8 Å². The van der Waals surface area contributed by atoms with Crippen LogP contribution in [0.1, 0.15) is 23.6 Å². The second-order valence-corrected chi connectivity index (χ2v) is 4.79. The van der Waals surface area contributed by atoms with Gasteiger partial charge in [-0.05, 0) is 31.9 Å². The average Bonchev–Trinajstić information content (AvgIpc) is 2.48. The number of esters is 1. The summed E-state index contributed by atoms with van der Waals surface area (Å²) in [5.74, 6) is -0.397. The highest BCUT2D eigenvalue weighted by molar-refractivity contribution is 6.43. The molecule has 0 saturated heterocycles. The van der Waals surface area contributed by atoms with Crippen molar-refractivity contribution in [2.24, 2.45) is 4.99 Å². The lowest BCUT2D eigenvalue weighted by Crippen LogP contribution is -2.18. The number of hydrogen-bond donors (Lipinski definition) is 0. The van der Waals surface area contributed by atoms with Crippen LogP contribution in [0.5, 0.6) is 0 Å². The minimum Gasteiger partial charge on any atom is -0.461 e. The highest BCUT2D eigenvalue weighted by atomic mass is 16.5. The Morgan fingerprint density at radius 1 is 1.00 bits per heavy atom. The van der Waals surface area contributed by atoms with Crippen LogP contribution < -0.4 is 0 Å². The maximum atomic E-state index is 12.2. The number of nitrogens with zero attached hydrogens (tertiary/aromatic N) is 1. The third-order valence-electron chi connectivity index (χ3n) is 3.18. The predicted octanol–water partition coefficient (Wildman–Crippen LogP) is 3.99. The fourth-order valence-corrected chi connectivity index (χ4v) is 2.12. The number of para-hydroxylation sites is 1. The first-order valence-electron chi connectivity index (χ1n) is 7.01. The van der Waals surface area contributed by atoms with Gasteiger partial charge in [0.25, 0.3) is 0 Å². The first-order valence-corrected chi connectivity index (χ1v) is 7.01. The average molecular weight is 281 g/mol. The van der Waals surface area contributed by atoms with Crippen molar-refractivity contribution in [3.05, 3.63) is 65.2 Å². The molecule has 2 aromatic rings. The Balaban J connectivity index is 2.54. The number of hydrogen-bond acceptors (Lipinski definition) is 3. The zero-order valence-corrected chi connectivity index (χ0v) is 12.6. The van der Waals surface area contributed by atoms with Crippen LogP contribution in [0.15, 0.2) is 53.5 Å². The van der Waals surface area contributed by atoms with Crippen LogP contribution in [-0.2, 0) is 9.53 Å². The van der Waals surface area contributed by atoms with Gasteiger partial charge in [-0.25, -0.2) is 9.79 Å². The number of aryl methyl sites for hydroxylation is 2. The molecule has 3 nitrogen and oxygen atoms in total. The summed E-state index contributed by atoms with van der Waals surface area (Å²) in [7, 11) is 0. The van der Waals surface area contributed by atoms with Crippen molar-refractivity contribution in [1.82, 2.24) is 0 Å². The molecule has 21 heavy (non-hydrogen) atoms. The molecule has 0 N–H and O–H groups in total. The maximum absolute atomic E-state index is 12.2. The number of benzene rings is 2. The van der Waals surface area contributed by atoms with E-state index in [4.69, 9.17) is 4.74 Å². The van der Waals surface area contributed by atoms with Crippen molar-refractivity contribution in [1.29, 1.82) is 0 Å². The Morgan fingerprint density at radius 2 is 1.62 bits per heavy atom. The Kier molecular flexibility index (Phi) is 4.88. The van der Waals surface area contributed by atoms with Gasteiger partial charge in [-0.15, -0.1) is 0 Å². The molecule has 0 atom stereocenters. The molecule has 0 aliphatic rings. The van der Waals surface area contributed by atoms with Gasteiger partial charge < -0.3 is 4.74 Å². The quantitative estimate of drug-likeness (QED) is 0.628. The summed E-state index contributed by atoms with van der Waals surface area (Å²) < 4.78 is 5.14. The molecule has 0 saturated carbocycles. The van der Waals surface area contributed by atoms with E-state index in [1.165, 1.54) is 0 Å². The van der Waals surface area contributed by atoms with E-state index in [9.17, 15) is 4.79 Å². The normalized spacial score (nSPS) is 11.3. The molecule has 0 heterocycles. The van der Waals surface area contributed by atoms with E-state index in [0.717, 1.165) is 22.4 Å². The van der Waals surface area contributed by atoms with E-state index in [1.54, 1.807) is 6.92 Å². The van der Waals surface area contributed by atoms with Gasteiger partial charge in [0.05, 0.1) is 12.3 Å². The Bertz CT molecular complexity index is 640. The first kappa shape index (κ1) is 15.0. The molecule has 2 aromatic carbocycles. The summed E-state index contributed by atoms with van der Waals surface area (Å²) in [5.41, 5.74) is 4.00. The second kappa shape index (κ2) is 6.84. The van der Waals surface area contributed by atoms with Gasteiger partial charge in [0.1, 0.15) is 0 Å². The summed E-state index contributed by atoms with van der Waals surface area (Å²) in [4.78, 5) is 16.8. The van der Waals surface area contributed by atoms with E-state index in [-0.39, 0.29) is 0 Å². The molecule has 0 radical (unpaired) electrons. The molecule has 0 amide bonds. The van der Waals surface area contributed by atoms with Crippen molar-refractivity contribution >= 4 is 17.4 Å². The van der Waals surface area contributed by atoms with Gasteiger partial charge in [-0.2, -0.15) is 0 Å². The third-order valence-corrected chi connectivity index (χ3v) is 3.18. The lowest BCUT2D eigenvalue weighted by Gasteiger charge is -2.09. The van der Waals surface area contributed by atoms with Crippen LogP contribution in [-0.4, -0.2) is 18.3 Å². The number of ether oxygens (including phenoxy) is 1. The highest BCUT2D eigenvalue weighted by Crippen LogP contribution is 2.24. The van der Waals surface area contributed by atoms with Crippen molar-refractivity contribution < 1.29 is 9.53 Å². The van der Waals surface area contributed by atoms with Crippen molar-refractivity contribution in [2.75, 3.05) is 6.61 Å². The van der Waals surface area contributed by atoms with E-state index >= 15 is 0 Å². The predicted molar refractivity (Wildman–Crippen MR) is 85.2 cm³/mol. The lowest BCUT2D eigenvalue weighted by atomic mass is 10.1. The van der Waals surface area contributed by atoms with Gasteiger partial charge in [0.2, 0.25) is 0 Å². The molecule has 2 rings (SSSR count). The third kappa shape index (κ3) is 3.57. The molecule has 0 aliphatic carbocycles. The fraction of sp³-hybridized carbons (Fsp3) is 0.222. The minimum atomic E-state index is -0.397. The highest BCUT2D eigenvalue weighted by Gasteiger charge is 2.16. The van der Waals surface area contributed by atoms with E-state index in [0.29, 0.717) is 12.3 Å². The molecular weight excluding hydrogens is 262 g/mol. The fourth-order valence-electron chi connectivity index (χ4n) is 2.12. The maximum Gasteiger partial charge on any atom is 0.357 e. The van der Waals surface area contributed by atoms with Crippen molar-refractivity contribution in [3.63, 3.8) is 0 Å². The molecule has 0 bridgehead atoms. The molecule has 3 heteroatoms. The molecule has 0 aromatic heterocycles. The summed E-state index contributed by atoms with van der Waals surface area (Å²) >= 11 is 0. The van der Waals surface area contributed by atoms with Crippen molar-refractivity contribution in [3.8, 4) is 0 Å². The second-order valence-electron chi connectivity index (χ2n) is 4.79. The van der Waals surface area contributed by atoms with Gasteiger partial charge in [0.15, 0.2) is 5.71 Å². The number of rotatable bonds is 4. The number of carbonyl (C=O) groups is 1. The smallest absolute Gasteiger partial charge is 0.357 e. The first-order chi connectivity index (χ1) is 10.1.